The number of H-pyrrole nitrogens is 1. The number of pyridine rings is 1. The van der Waals surface area contributed by atoms with E-state index in [4.69, 9.17) is 10.5 Å². The molecule has 35 heavy (non-hydrogen) atoms. The Balaban J connectivity index is 1.76. The van der Waals surface area contributed by atoms with Crippen molar-refractivity contribution in [3.63, 3.8) is 0 Å². The van der Waals surface area contributed by atoms with Gasteiger partial charge in [-0.1, -0.05) is 12.1 Å². The van der Waals surface area contributed by atoms with Gasteiger partial charge in [-0.15, -0.1) is 0 Å². The second-order valence-corrected chi connectivity index (χ2v) is 11.6. The predicted molar refractivity (Wildman–Crippen MR) is 133 cm³/mol. The third-order valence-corrected chi connectivity index (χ3v) is 6.63. The second kappa shape index (κ2) is 9.67. The van der Waals surface area contributed by atoms with Gasteiger partial charge in [-0.2, -0.15) is 0 Å². The largest absolute Gasteiger partial charge is 0.444 e. The maximum absolute atomic E-state index is 13.0. The summed E-state index contributed by atoms with van der Waals surface area (Å²) in [6.07, 6.45) is 1.08. The minimum Gasteiger partial charge on any atom is -0.444 e. The first-order valence-electron chi connectivity index (χ1n) is 11.0. The second-order valence-electron chi connectivity index (χ2n) is 9.93. The molecule has 2 aromatic heterocycles. The van der Waals surface area contributed by atoms with Gasteiger partial charge in [0.1, 0.15) is 11.2 Å². The van der Waals surface area contributed by atoms with E-state index < -0.39 is 33.2 Å². The molecule has 1 aromatic carbocycles. The predicted octanol–water partition coefficient (Wildman–Crippen LogP) is 2.84. The van der Waals surface area contributed by atoms with Gasteiger partial charge >= 0.3 is 6.09 Å². The van der Waals surface area contributed by atoms with E-state index in [1.807, 2.05) is 12.1 Å². The van der Waals surface area contributed by atoms with E-state index in [0.717, 1.165) is 16.5 Å². The Morgan fingerprint density at radius 1 is 1.09 bits per heavy atom. The van der Waals surface area contributed by atoms with Gasteiger partial charge in [0.15, 0.2) is 0 Å². The summed E-state index contributed by atoms with van der Waals surface area (Å²) in [5.41, 5.74) is 6.54. The van der Waals surface area contributed by atoms with Crippen LogP contribution in [0.1, 0.15) is 40.3 Å². The van der Waals surface area contributed by atoms with Crippen molar-refractivity contribution in [3.8, 4) is 11.1 Å². The normalized spacial score (nSPS) is 12.5. The third-order valence-electron chi connectivity index (χ3n) is 4.91. The number of nitrogens with zero attached hydrogens (tertiary/aromatic N) is 1. The fourth-order valence-electron chi connectivity index (χ4n) is 3.50. The molecule has 3 aromatic rings. The zero-order valence-electron chi connectivity index (χ0n) is 20.4. The summed E-state index contributed by atoms with van der Waals surface area (Å²) in [5.74, 6) is -0.454. The molecule has 188 valence electrons. The number of amides is 2. The molecule has 5 N–H and O–H groups in total. The smallest absolute Gasteiger partial charge is 0.407 e. The maximum atomic E-state index is 13.0. The van der Waals surface area contributed by atoms with Gasteiger partial charge in [0.25, 0.3) is 0 Å². The van der Waals surface area contributed by atoms with Crippen LogP contribution in [0.25, 0.3) is 22.2 Å². The van der Waals surface area contributed by atoms with Gasteiger partial charge in [0.05, 0.1) is 11.3 Å². The van der Waals surface area contributed by atoms with E-state index >= 15 is 0 Å². The van der Waals surface area contributed by atoms with Crippen LogP contribution in [-0.4, -0.2) is 48.1 Å². The molecule has 0 unspecified atom stereocenters. The number of ether oxygens (including phenoxy) is 1. The number of hydrogen-bond donors (Lipinski definition) is 4. The Bertz CT molecular complexity index is 1340. The first-order valence-corrected chi connectivity index (χ1v) is 12.5. The number of primary amides is 1. The summed E-state index contributed by atoms with van der Waals surface area (Å²) in [4.78, 5) is 30.6. The van der Waals surface area contributed by atoms with Crippen LogP contribution in [-0.2, 0) is 26.0 Å². The number of fused-ring (bicyclic) bond motifs is 1. The lowest BCUT2D eigenvalue weighted by molar-refractivity contribution is -0.117. The summed E-state index contributed by atoms with van der Waals surface area (Å²) in [7, 11) is -3.86. The Morgan fingerprint density at radius 3 is 2.34 bits per heavy atom. The zero-order valence-corrected chi connectivity index (χ0v) is 21.2. The number of rotatable bonds is 8. The van der Waals surface area contributed by atoms with Crippen molar-refractivity contribution in [2.75, 3.05) is 6.54 Å². The molecule has 0 aliphatic rings. The fourth-order valence-corrected chi connectivity index (χ4v) is 4.91. The highest BCUT2D eigenvalue weighted by molar-refractivity contribution is 7.89. The van der Waals surface area contributed by atoms with E-state index in [2.05, 4.69) is 20.0 Å². The minimum atomic E-state index is -3.86. The number of hydrogen-bond acceptors (Lipinski definition) is 6. The average molecular weight is 502 g/mol. The van der Waals surface area contributed by atoms with Crippen molar-refractivity contribution in [3.05, 3.63) is 48.3 Å². The quantitative estimate of drug-likeness (QED) is 0.372. The van der Waals surface area contributed by atoms with Crippen LogP contribution in [0.5, 0.6) is 0 Å². The molecule has 2 heterocycles. The van der Waals surface area contributed by atoms with Crippen molar-refractivity contribution in [2.45, 2.75) is 57.1 Å². The lowest BCUT2D eigenvalue weighted by Crippen LogP contribution is -2.51. The van der Waals surface area contributed by atoms with Crippen LogP contribution in [0.15, 0.2) is 47.5 Å². The van der Waals surface area contributed by atoms with Crippen molar-refractivity contribution >= 4 is 33.1 Å². The summed E-state index contributed by atoms with van der Waals surface area (Å²) < 4.78 is 33.8. The molecular formula is C24H31N5O5S. The molecular weight excluding hydrogens is 470 g/mol. The molecule has 0 saturated carbocycles. The average Bonchev–Trinajstić information content (AvgIpc) is 3.12. The highest BCUT2D eigenvalue weighted by Crippen LogP contribution is 2.29. The molecule has 2 amide bonds. The van der Waals surface area contributed by atoms with E-state index in [9.17, 15) is 18.0 Å². The number of aromatic amines is 1. The van der Waals surface area contributed by atoms with E-state index in [-0.39, 0.29) is 17.9 Å². The van der Waals surface area contributed by atoms with Gasteiger partial charge in [0.2, 0.25) is 15.9 Å². The topological polar surface area (TPSA) is 156 Å². The monoisotopic (exact) mass is 501 g/mol. The van der Waals surface area contributed by atoms with Crippen molar-refractivity contribution in [1.29, 1.82) is 0 Å². The molecule has 0 bridgehead atoms. The van der Waals surface area contributed by atoms with Gasteiger partial charge in [0, 0.05) is 29.4 Å². The molecule has 0 fully saturated rings. The Morgan fingerprint density at radius 2 is 1.74 bits per heavy atom. The minimum absolute atomic E-state index is 0.0371. The molecule has 0 saturated heterocycles. The molecule has 0 aliphatic heterocycles. The van der Waals surface area contributed by atoms with E-state index in [1.54, 1.807) is 52.9 Å². The molecule has 10 nitrogen and oxygen atoms in total. The number of sulfonamides is 1. The number of carbonyl (C=O) groups is 2. The summed E-state index contributed by atoms with van der Waals surface area (Å²) in [6.45, 7) is 8.61. The molecule has 0 radical (unpaired) electrons. The standard InChI is InChI=1S/C24H31N5O5S/c1-23(2,3)34-22(31)27-14-24(4,5)29-35(32,33)17-8-6-15(7-9-17)18-10-11-26-21-19(18)12-16(28-21)13-20(25)30/h6-12,29H,13-14H2,1-5H3,(H2,25,30)(H,26,28)(H,27,31). The first kappa shape index (κ1) is 26.2. The van der Waals surface area contributed by atoms with Crippen LogP contribution in [0, 0.1) is 0 Å². The summed E-state index contributed by atoms with van der Waals surface area (Å²) in [5, 5.41) is 3.39. The zero-order chi connectivity index (χ0) is 26.0. The number of alkyl carbamates (subject to hydrolysis) is 1. The molecule has 0 aliphatic carbocycles. The highest BCUT2D eigenvalue weighted by atomic mass is 32.2. The summed E-state index contributed by atoms with van der Waals surface area (Å²) in [6, 6.07) is 10.1. The van der Waals surface area contributed by atoms with Gasteiger partial charge in [-0.3, -0.25) is 4.79 Å². The fraction of sp³-hybridized carbons (Fsp3) is 0.375. The van der Waals surface area contributed by atoms with Crippen molar-refractivity contribution in [1.82, 2.24) is 20.0 Å². The lowest BCUT2D eigenvalue weighted by atomic mass is 10.0. The maximum Gasteiger partial charge on any atom is 0.407 e. The first-order chi connectivity index (χ1) is 16.2. The Labute approximate surface area is 204 Å². The van der Waals surface area contributed by atoms with Crippen LogP contribution in [0.2, 0.25) is 0 Å². The highest BCUT2D eigenvalue weighted by Gasteiger charge is 2.28. The third kappa shape index (κ3) is 7.03. The van der Waals surface area contributed by atoms with Gasteiger partial charge in [-0.25, -0.2) is 22.9 Å². The number of benzene rings is 1. The van der Waals surface area contributed by atoms with Crippen LogP contribution < -0.4 is 15.8 Å². The molecule has 11 heteroatoms. The summed E-state index contributed by atoms with van der Waals surface area (Å²) >= 11 is 0. The van der Waals surface area contributed by atoms with E-state index in [1.165, 1.54) is 12.1 Å². The van der Waals surface area contributed by atoms with Crippen molar-refractivity contribution < 1.29 is 22.7 Å². The molecule has 0 atom stereocenters. The lowest BCUT2D eigenvalue weighted by Gasteiger charge is -2.27. The van der Waals surface area contributed by atoms with Crippen molar-refractivity contribution in [2.24, 2.45) is 5.73 Å². The number of carbonyl (C=O) groups excluding carboxylic acids is 2. The van der Waals surface area contributed by atoms with Crippen LogP contribution in [0.3, 0.4) is 0 Å². The van der Waals surface area contributed by atoms with Gasteiger partial charge in [-0.05, 0) is 70.0 Å². The Kier molecular flexibility index (Phi) is 7.23. The molecule has 3 rings (SSSR count). The van der Waals surface area contributed by atoms with E-state index in [0.29, 0.717) is 11.3 Å². The van der Waals surface area contributed by atoms with Crippen LogP contribution in [0.4, 0.5) is 4.79 Å². The SMILES string of the molecule is CC(C)(CNC(=O)OC(C)(C)C)NS(=O)(=O)c1ccc(-c2ccnc3[nH]c(CC(N)=O)cc23)cc1. The van der Waals surface area contributed by atoms with Gasteiger partial charge < -0.3 is 20.8 Å². The number of nitrogens with two attached hydrogens (primary N) is 1. The van der Waals surface area contributed by atoms with Crippen LogP contribution >= 0.6 is 0 Å². The molecule has 0 spiro atoms. The number of aromatic nitrogens is 2. The number of nitrogens with one attached hydrogen (secondary N) is 3. The Hall–Kier alpha value is -3.44.